The number of carbonyl (C=O) groups is 1. The van der Waals surface area contributed by atoms with Crippen LogP contribution in [-0.2, 0) is 14.3 Å². The van der Waals surface area contributed by atoms with Crippen molar-refractivity contribution in [1.82, 2.24) is 5.32 Å². The van der Waals surface area contributed by atoms with E-state index in [0.29, 0.717) is 26.4 Å². The monoisotopic (exact) mass is 220 g/mol. The molecule has 0 saturated carbocycles. The van der Waals surface area contributed by atoms with Crippen molar-refractivity contribution in [1.29, 1.82) is 0 Å². The van der Waals surface area contributed by atoms with E-state index in [4.69, 9.17) is 20.3 Å². The van der Waals surface area contributed by atoms with Gasteiger partial charge in [0.15, 0.2) is 0 Å². The first-order valence-corrected chi connectivity index (χ1v) is 4.94. The van der Waals surface area contributed by atoms with Gasteiger partial charge in [-0.15, -0.1) is 0 Å². The Morgan fingerprint density at radius 3 is 2.80 bits per heavy atom. The van der Waals surface area contributed by atoms with Crippen LogP contribution in [-0.4, -0.2) is 57.1 Å². The molecule has 15 heavy (non-hydrogen) atoms. The minimum atomic E-state index is -0.987. The van der Waals surface area contributed by atoms with Gasteiger partial charge in [-0.25, -0.2) is 0 Å². The smallest absolute Gasteiger partial charge is 0.321 e. The van der Waals surface area contributed by atoms with Crippen LogP contribution in [0.1, 0.15) is 6.42 Å². The van der Waals surface area contributed by atoms with Crippen molar-refractivity contribution < 1.29 is 19.4 Å². The summed E-state index contributed by atoms with van der Waals surface area (Å²) in [6.07, 6.45) is 0.829. The third-order valence-electron chi connectivity index (χ3n) is 1.76. The maximum absolute atomic E-state index is 10.3. The maximum Gasteiger partial charge on any atom is 0.321 e. The molecule has 0 aliphatic carbocycles. The topological polar surface area (TPSA) is 93.8 Å². The Hall–Kier alpha value is -0.690. The van der Waals surface area contributed by atoms with Gasteiger partial charge in [0.05, 0.1) is 13.2 Å². The van der Waals surface area contributed by atoms with Gasteiger partial charge < -0.3 is 25.6 Å². The largest absolute Gasteiger partial charge is 0.480 e. The molecule has 0 rings (SSSR count). The fraction of sp³-hybridized carbons (Fsp3) is 0.889. The fourth-order valence-corrected chi connectivity index (χ4v) is 0.888. The summed E-state index contributed by atoms with van der Waals surface area (Å²) in [6, 6.07) is -0.834. The van der Waals surface area contributed by atoms with Crippen LogP contribution in [0.25, 0.3) is 0 Å². The molecule has 0 heterocycles. The number of hydrogen-bond donors (Lipinski definition) is 3. The molecule has 1 atom stereocenters. The third kappa shape index (κ3) is 9.61. The van der Waals surface area contributed by atoms with E-state index in [2.05, 4.69) is 5.32 Å². The van der Waals surface area contributed by atoms with E-state index >= 15 is 0 Å². The van der Waals surface area contributed by atoms with Crippen molar-refractivity contribution in [2.75, 3.05) is 40.0 Å². The summed E-state index contributed by atoms with van der Waals surface area (Å²) in [6.45, 7) is 2.81. The number of ether oxygens (including phenoxy) is 2. The lowest BCUT2D eigenvalue weighted by Crippen LogP contribution is -2.40. The average molecular weight is 220 g/mol. The summed E-state index contributed by atoms with van der Waals surface area (Å²) in [5, 5.41) is 11.4. The van der Waals surface area contributed by atoms with Crippen molar-refractivity contribution in [3.63, 3.8) is 0 Å². The van der Waals surface area contributed by atoms with Crippen LogP contribution < -0.4 is 11.1 Å². The Balaban J connectivity index is 3.08. The van der Waals surface area contributed by atoms with Gasteiger partial charge in [-0.2, -0.15) is 0 Å². The third-order valence-corrected chi connectivity index (χ3v) is 1.76. The van der Waals surface area contributed by atoms with Crippen molar-refractivity contribution in [2.45, 2.75) is 12.5 Å². The molecule has 0 aliphatic rings. The number of nitrogens with one attached hydrogen (secondary N) is 1. The fourth-order valence-electron chi connectivity index (χ4n) is 0.888. The van der Waals surface area contributed by atoms with Gasteiger partial charge in [-0.3, -0.25) is 4.79 Å². The maximum atomic E-state index is 10.3. The molecule has 0 aliphatic heterocycles. The minimum absolute atomic E-state index is 0.285. The van der Waals surface area contributed by atoms with E-state index < -0.39 is 12.0 Å². The molecule has 0 spiro atoms. The SMILES string of the molecule is COCCOCCCNCC(N)C(=O)O. The first-order chi connectivity index (χ1) is 7.18. The van der Waals surface area contributed by atoms with Crippen LogP contribution in [0.4, 0.5) is 0 Å². The molecular weight excluding hydrogens is 200 g/mol. The van der Waals surface area contributed by atoms with Crippen LogP contribution in [0.2, 0.25) is 0 Å². The average Bonchev–Trinajstić information content (AvgIpc) is 2.21. The molecule has 0 fully saturated rings. The Morgan fingerprint density at radius 2 is 2.20 bits per heavy atom. The second kappa shape index (κ2) is 9.85. The summed E-state index contributed by atoms with van der Waals surface area (Å²) in [4.78, 5) is 10.3. The van der Waals surface area contributed by atoms with E-state index in [-0.39, 0.29) is 6.54 Å². The summed E-state index contributed by atoms with van der Waals surface area (Å²) >= 11 is 0. The molecule has 6 heteroatoms. The lowest BCUT2D eigenvalue weighted by molar-refractivity contribution is -0.138. The Kier molecular flexibility index (Phi) is 9.40. The molecule has 0 aromatic carbocycles. The predicted molar refractivity (Wildman–Crippen MR) is 55.8 cm³/mol. The van der Waals surface area contributed by atoms with Gasteiger partial charge in [-0.05, 0) is 13.0 Å². The van der Waals surface area contributed by atoms with Crippen molar-refractivity contribution in [3.05, 3.63) is 0 Å². The molecule has 0 amide bonds. The number of nitrogens with two attached hydrogens (primary N) is 1. The van der Waals surface area contributed by atoms with E-state index in [0.717, 1.165) is 6.42 Å². The molecule has 0 bridgehead atoms. The zero-order valence-electron chi connectivity index (χ0n) is 9.07. The number of rotatable bonds is 10. The molecule has 0 radical (unpaired) electrons. The van der Waals surface area contributed by atoms with Gasteiger partial charge in [0.25, 0.3) is 0 Å². The van der Waals surface area contributed by atoms with E-state index in [1.54, 1.807) is 7.11 Å². The number of carboxylic acid groups (broad SMARTS) is 1. The van der Waals surface area contributed by atoms with Gasteiger partial charge in [-0.1, -0.05) is 0 Å². The number of aliphatic carboxylic acids is 1. The van der Waals surface area contributed by atoms with Gasteiger partial charge in [0, 0.05) is 20.3 Å². The van der Waals surface area contributed by atoms with Gasteiger partial charge in [0.2, 0.25) is 0 Å². The van der Waals surface area contributed by atoms with Crippen LogP contribution in [0.3, 0.4) is 0 Å². The van der Waals surface area contributed by atoms with E-state index in [1.807, 2.05) is 0 Å². The minimum Gasteiger partial charge on any atom is -0.480 e. The van der Waals surface area contributed by atoms with Crippen molar-refractivity contribution >= 4 is 5.97 Å². The molecule has 0 saturated heterocycles. The van der Waals surface area contributed by atoms with Crippen LogP contribution >= 0.6 is 0 Å². The Bertz CT molecular complexity index is 166. The number of carboxylic acids is 1. The molecule has 1 unspecified atom stereocenters. The van der Waals surface area contributed by atoms with Gasteiger partial charge in [0.1, 0.15) is 6.04 Å². The molecule has 4 N–H and O–H groups in total. The molecular formula is C9H20N2O4. The van der Waals surface area contributed by atoms with Crippen LogP contribution in [0.5, 0.6) is 0 Å². The zero-order valence-corrected chi connectivity index (χ0v) is 9.07. The van der Waals surface area contributed by atoms with Crippen LogP contribution in [0, 0.1) is 0 Å². The lowest BCUT2D eigenvalue weighted by atomic mass is 10.3. The molecule has 0 aromatic heterocycles. The summed E-state index contributed by atoms with van der Waals surface area (Å²) in [5.74, 6) is -0.987. The van der Waals surface area contributed by atoms with Gasteiger partial charge >= 0.3 is 5.97 Å². The number of hydrogen-bond acceptors (Lipinski definition) is 5. The van der Waals surface area contributed by atoms with E-state index in [9.17, 15) is 4.79 Å². The molecule has 6 nitrogen and oxygen atoms in total. The highest BCUT2D eigenvalue weighted by Crippen LogP contribution is 1.82. The van der Waals surface area contributed by atoms with Crippen LogP contribution in [0.15, 0.2) is 0 Å². The second-order valence-corrected chi connectivity index (χ2v) is 3.11. The molecule has 90 valence electrons. The predicted octanol–water partition coefficient (Wildman–Crippen LogP) is -0.959. The first kappa shape index (κ1) is 14.3. The quantitative estimate of drug-likeness (QED) is 0.411. The van der Waals surface area contributed by atoms with Crippen molar-refractivity contribution in [2.24, 2.45) is 5.73 Å². The molecule has 0 aromatic rings. The lowest BCUT2D eigenvalue weighted by Gasteiger charge is -2.08. The summed E-state index contributed by atoms with van der Waals surface area (Å²) < 4.78 is 10.0. The number of methoxy groups -OCH3 is 1. The normalized spacial score (nSPS) is 12.7. The second-order valence-electron chi connectivity index (χ2n) is 3.11. The van der Waals surface area contributed by atoms with E-state index in [1.165, 1.54) is 0 Å². The summed E-state index contributed by atoms with van der Waals surface area (Å²) in [7, 11) is 1.62. The first-order valence-electron chi connectivity index (χ1n) is 4.94. The summed E-state index contributed by atoms with van der Waals surface area (Å²) in [5.41, 5.74) is 5.29. The standard InChI is InChI=1S/C9H20N2O4/c1-14-5-6-15-4-2-3-11-7-8(10)9(12)13/h8,11H,2-7,10H2,1H3,(H,12,13). The van der Waals surface area contributed by atoms with Crippen molar-refractivity contribution in [3.8, 4) is 0 Å². The highest BCUT2D eigenvalue weighted by molar-refractivity contribution is 5.73. The Morgan fingerprint density at radius 1 is 1.47 bits per heavy atom. The Labute approximate surface area is 89.7 Å². The highest BCUT2D eigenvalue weighted by atomic mass is 16.5. The highest BCUT2D eigenvalue weighted by Gasteiger charge is 2.09. The zero-order chi connectivity index (χ0) is 11.5.